The van der Waals surface area contributed by atoms with Crippen molar-refractivity contribution in [2.24, 2.45) is 0 Å². The molecule has 0 radical (unpaired) electrons. The van der Waals surface area contributed by atoms with E-state index in [-0.39, 0.29) is 18.4 Å². The first-order valence-electron chi connectivity index (χ1n) is 8.57. The number of pyridine rings is 1. The van der Waals surface area contributed by atoms with Gasteiger partial charge < -0.3 is 20.1 Å². The van der Waals surface area contributed by atoms with Crippen LogP contribution in [0.15, 0.2) is 36.7 Å². The predicted octanol–water partition coefficient (Wildman–Crippen LogP) is 2.46. The van der Waals surface area contributed by atoms with Crippen molar-refractivity contribution in [2.75, 3.05) is 32.2 Å². The minimum absolute atomic E-state index is 0.0285. The zero-order valence-electron chi connectivity index (χ0n) is 15.5. The number of thiazole rings is 1. The highest BCUT2D eigenvalue weighted by molar-refractivity contribution is 7.22. The van der Waals surface area contributed by atoms with Crippen LogP contribution < -0.4 is 15.4 Å². The number of methoxy groups -OCH3 is 1. The summed E-state index contributed by atoms with van der Waals surface area (Å²) < 4.78 is 11.4. The van der Waals surface area contributed by atoms with Gasteiger partial charge in [0.15, 0.2) is 5.13 Å². The fourth-order valence-electron chi connectivity index (χ4n) is 2.51. The van der Waals surface area contributed by atoms with Gasteiger partial charge in [0, 0.05) is 25.8 Å². The standard InChI is InChI=1S/C19H20N4O4S/c1-12(24)22-19-23-16-4-3-13(8-17(16)28-19)14-7-15(10-20-9-14)27-6-5-21-18(25)11-26-2/h3-4,7-10H,5-6,11H2,1-2H3,(H,21,25)(H,22,23,24). The average Bonchev–Trinajstić information content (AvgIpc) is 3.06. The molecule has 1 aromatic carbocycles. The van der Waals surface area contributed by atoms with Crippen molar-refractivity contribution in [2.45, 2.75) is 6.92 Å². The van der Waals surface area contributed by atoms with Crippen molar-refractivity contribution in [1.29, 1.82) is 0 Å². The number of fused-ring (bicyclic) bond motifs is 1. The first kappa shape index (κ1) is 19.7. The lowest BCUT2D eigenvalue weighted by molar-refractivity contribution is -0.124. The first-order valence-corrected chi connectivity index (χ1v) is 9.39. The second kappa shape index (κ2) is 9.25. The van der Waals surface area contributed by atoms with Gasteiger partial charge in [-0.05, 0) is 23.8 Å². The molecule has 2 aromatic heterocycles. The number of nitrogens with one attached hydrogen (secondary N) is 2. The molecular weight excluding hydrogens is 380 g/mol. The third-order valence-electron chi connectivity index (χ3n) is 3.69. The third-order valence-corrected chi connectivity index (χ3v) is 4.62. The summed E-state index contributed by atoms with van der Waals surface area (Å²) in [6.07, 6.45) is 3.38. The molecule has 0 saturated carbocycles. The Morgan fingerprint density at radius 3 is 2.82 bits per heavy atom. The number of rotatable bonds is 8. The van der Waals surface area contributed by atoms with Crippen molar-refractivity contribution >= 4 is 38.5 Å². The summed E-state index contributed by atoms with van der Waals surface area (Å²) in [5.41, 5.74) is 2.69. The van der Waals surface area contributed by atoms with Gasteiger partial charge in [-0.25, -0.2) is 4.98 Å². The molecule has 28 heavy (non-hydrogen) atoms. The summed E-state index contributed by atoms with van der Waals surface area (Å²) in [5, 5.41) is 5.97. The molecular formula is C19H20N4O4S. The number of carbonyl (C=O) groups excluding carboxylic acids is 2. The van der Waals surface area contributed by atoms with Gasteiger partial charge in [-0.2, -0.15) is 0 Å². The summed E-state index contributed by atoms with van der Waals surface area (Å²) in [4.78, 5) is 31.1. The Kier molecular flexibility index (Phi) is 6.51. The third kappa shape index (κ3) is 5.24. The Hall–Kier alpha value is -3.04. The summed E-state index contributed by atoms with van der Waals surface area (Å²) in [7, 11) is 1.47. The van der Waals surface area contributed by atoms with Crippen molar-refractivity contribution in [1.82, 2.24) is 15.3 Å². The zero-order chi connectivity index (χ0) is 19.9. The minimum atomic E-state index is -0.186. The van der Waals surface area contributed by atoms with Crippen molar-refractivity contribution < 1.29 is 19.1 Å². The molecule has 0 aliphatic carbocycles. The van der Waals surface area contributed by atoms with Gasteiger partial charge in [0.1, 0.15) is 19.0 Å². The minimum Gasteiger partial charge on any atom is -0.490 e. The maximum absolute atomic E-state index is 11.3. The molecule has 0 unspecified atom stereocenters. The van der Waals surface area contributed by atoms with Crippen LogP contribution in [0.25, 0.3) is 21.3 Å². The number of nitrogens with zero attached hydrogens (tertiary/aromatic N) is 2. The Morgan fingerprint density at radius 2 is 2.04 bits per heavy atom. The predicted molar refractivity (Wildman–Crippen MR) is 108 cm³/mol. The van der Waals surface area contributed by atoms with Crippen LogP contribution in [0, 0.1) is 0 Å². The molecule has 3 rings (SSSR count). The van der Waals surface area contributed by atoms with E-state index in [2.05, 4.69) is 20.6 Å². The molecule has 9 heteroatoms. The fraction of sp³-hybridized carbons (Fsp3) is 0.263. The number of benzene rings is 1. The molecule has 2 heterocycles. The van der Waals surface area contributed by atoms with Gasteiger partial charge in [-0.1, -0.05) is 17.4 Å². The van der Waals surface area contributed by atoms with E-state index in [4.69, 9.17) is 9.47 Å². The second-order valence-corrected chi connectivity index (χ2v) is 6.95. The highest BCUT2D eigenvalue weighted by Gasteiger charge is 2.08. The Bertz CT molecular complexity index is 989. The molecule has 3 aromatic rings. The largest absolute Gasteiger partial charge is 0.490 e. The monoisotopic (exact) mass is 400 g/mol. The first-order chi connectivity index (χ1) is 13.5. The summed E-state index contributed by atoms with van der Waals surface area (Å²) in [6, 6.07) is 7.75. The van der Waals surface area contributed by atoms with Gasteiger partial charge in [0.2, 0.25) is 11.8 Å². The van der Waals surface area contributed by atoms with Gasteiger partial charge in [-0.3, -0.25) is 14.6 Å². The molecule has 0 aliphatic rings. The molecule has 8 nitrogen and oxygen atoms in total. The SMILES string of the molecule is COCC(=O)NCCOc1cncc(-c2ccc3nc(NC(C)=O)sc3c2)c1. The topological polar surface area (TPSA) is 102 Å². The molecule has 2 amide bonds. The van der Waals surface area contributed by atoms with Crippen LogP contribution in [0.4, 0.5) is 5.13 Å². The number of hydrogen-bond donors (Lipinski definition) is 2. The molecule has 146 valence electrons. The van der Waals surface area contributed by atoms with Gasteiger partial charge in [-0.15, -0.1) is 0 Å². The lowest BCUT2D eigenvalue weighted by Gasteiger charge is -2.09. The van der Waals surface area contributed by atoms with E-state index in [9.17, 15) is 9.59 Å². The van der Waals surface area contributed by atoms with Crippen molar-refractivity contribution in [3.63, 3.8) is 0 Å². The Labute approximate surface area is 165 Å². The van der Waals surface area contributed by atoms with E-state index in [1.54, 1.807) is 12.4 Å². The van der Waals surface area contributed by atoms with Gasteiger partial charge >= 0.3 is 0 Å². The fourth-order valence-corrected chi connectivity index (χ4v) is 3.46. The van der Waals surface area contributed by atoms with E-state index in [0.717, 1.165) is 21.3 Å². The Morgan fingerprint density at radius 1 is 1.18 bits per heavy atom. The van der Waals surface area contributed by atoms with Crippen LogP contribution in [0.5, 0.6) is 5.75 Å². The van der Waals surface area contributed by atoms with Gasteiger partial charge in [0.05, 0.1) is 23.0 Å². The quantitative estimate of drug-likeness (QED) is 0.563. The van der Waals surface area contributed by atoms with Crippen LogP contribution in [0.1, 0.15) is 6.92 Å². The molecule has 0 saturated heterocycles. The lowest BCUT2D eigenvalue weighted by atomic mass is 10.1. The Balaban J connectivity index is 1.67. The number of hydrogen-bond acceptors (Lipinski definition) is 7. The van der Waals surface area contributed by atoms with Gasteiger partial charge in [0.25, 0.3) is 0 Å². The van der Waals surface area contributed by atoms with E-state index < -0.39 is 0 Å². The highest BCUT2D eigenvalue weighted by atomic mass is 32.1. The number of amides is 2. The molecule has 0 spiro atoms. The normalized spacial score (nSPS) is 10.6. The maximum Gasteiger partial charge on any atom is 0.246 e. The number of ether oxygens (including phenoxy) is 2. The van der Waals surface area contributed by atoms with Crippen LogP contribution in [-0.4, -0.2) is 48.7 Å². The van der Waals surface area contributed by atoms with Crippen LogP contribution in [0.2, 0.25) is 0 Å². The van der Waals surface area contributed by atoms with Crippen molar-refractivity contribution in [3.8, 4) is 16.9 Å². The van der Waals surface area contributed by atoms with E-state index in [1.165, 1.54) is 25.4 Å². The van der Waals surface area contributed by atoms with Crippen molar-refractivity contribution in [3.05, 3.63) is 36.7 Å². The smallest absolute Gasteiger partial charge is 0.246 e. The highest BCUT2D eigenvalue weighted by Crippen LogP contribution is 2.31. The summed E-state index contributed by atoms with van der Waals surface area (Å²) in [6.45, 7) is 2.19. The van der Waals surface area contributed by atoms with Crippen LogP contribution in [0.3, 0.4) is 0 Å². The number of anilines is 1. The van der Waals surface area contributed by atoms with Crippen LogP contribution in [-0.2, 0) is 14.3 Å². The number of carbonyl (C=O) groups is 2. The lowest BCUT2D eigenvalue weighted by Crippen LogP contribution is -2.30. The molecule has 0 aliphatic heterocycles. The maximum atomic E-state index is 11.3. The average molecular weight is 400 g/mol. The molecule has 0 fully saturated rings. The summed E-state index contributed by atoms with van der Waals surface area (Å²) >= 11 is 1.42. The summed E-state index contributed by atoms with van der Waals surface area (Å²) in [5.74, 6) is 0.281. The second-order valence-electron chi connectivity index (χ2n) is 5.92. The molecule has 2 N–H and O–H groups in total. The zero-order valence-corrected chi connectivity index (χ0v) is 16.3. The van der Waals surface area contributed by atoms with E-state index in [1.807, 2.05) is 24.3 Å². The van der Waals surface area contributed by atoms with E-state index in [0.29, 0.717) is 24.0 Å². The molecule has 0 bridgehead atoms. The van der Waals surface area contributed by atoms with Crippen LogP contribution >= 0.6 is 11.3 Å². The van der Waals surface area contributed by atoms with E-state index >= 15 is 0 Å². The molecule has 0 atom stereocenters. The number of aromatic nitrogens is 2.